The molecule has 0 radical (unpaired) electrons. The molecule has 0 fully saturated rings. The molecule has 2 aromatic carbocycles. The summed E-state index contributed by atoms with van der Waals surface area (Å²) in [5, 5.41) is 13.2. The van der Waals surface area contributed by atoms with E-state index in [9.17, 15) is 29.0 Å². The molecule has 1 aliphatic heterocycles. The average molecular weight is 506 g/mol. The molecule has 1 amide bonds. The minimum atomic E-state index is -10.0. The highest BCUT2D eigenvalue weighted by molar-refractivity contribution is 8.45. The summed E-state index contributed by atoms with van der Waals surface area (Å²) < 4.78 is 72.3. The molecule has 7 nitrogen and oxygen atoms in total. The Labute approximate surface area is 192 Å². The van der Waals surface area contributed by atoms with Gasteiger partial charge in [0, 0.05) is 37.5 Å². The number of halogens is 5. The van der Waals surface area contributed by atoms with E-state index in [1.165, 1.54) is 25.1 Å². The molecule has 3 rings (SSSR count). The van der Waals surface area contributed by atoms with Crippen LogP contribution >= 0.6 is 10.2 Å². The van der Waals surface area contributed by atoms with Gasteiger partial charge in [-0.05, 0) is 42.8 Å². The van der Waals surface area contributed by atoms with Gasteiger partial charge in [-0.1, -0.05) is 19.4 Å². The van der Waals surface area contributed by atoms with Crippen LogP contribution in [-0.4, -0.2) is 49.7 Å². The Morgan fingerprint density at radius 2 is 1.76 bits per heavy atom. The molecular formula is C21H23F5N4O3S. The van der Waals surface area contributed by atoms with E-state index in [0.717, 1.165) is 6.07 Å². The molecule has 1 aliphatic rings. The molecule has 0 aliphatic carbocycles. The number of fused-ring (bicyclic) bond motifs is 1. The molecule has 0 spiro atoms. The number of nitrogens with zero attached hydrogens (tertiary/aromatic N) is 1. The summed E-state index contributed by atoms with van der Waals surface area (Å²) in [4.78, 5) is 24.1. The van der Waals surface area contributed by atoms with Crippen LogP contribution in [0.5, 0.6) is 5.75 Å². The summed E-state index contributed by atoms with van der Waals surface area (Å²) in [5.74, 6) is -1.17. The van der Waals surface area contributed by atoms with Crippen LogP contribution in [0.25, 0.3) is 0 Å². The third kappa shape index (κ3) is 5.08. The number of nitrogens with one attached hydrogen (secondary N) is 3. The molecule has 0 unspecified atom stereocenters. The van der Waals surface area contributed by atoms with Gasteiger partial charge < -0.3 is 20.3 Å². The summed E-state index contributed by atoms with van der Waals surface area (Å²) in [7, 11) is -7.35. The number of anilines is 1. The Balaban J connectivity index is 1.93. The standard InChI is InChI=1S/C21H23F5N4O3S/c1-4-33-19-7-13-10-30(20(27)16(13)9-17(19)21(32)29-3)11-18(31)12-5-14(28-2)8-15(6-12)34(22,23,24,25)26/h5-9,27-28H,4,10-11H2,1-3H3,(H,29,32). The van der Waals surface area contributed by atoms with Gasteiger partial charge in [-0.25, -0.2) is 0 Å². The van der Waals surface area contributed by atoms with Crippen LogP contribution in [0.15, 0.2) is 35.2 Å². The number of amides is 1. The molecule has 2 aromatic rings. The fourth-order valence-corrected chi connectivity index (χ4v) is 4.24. The first-order valence-corrected chi connectivity index (χ1v) is 12.0. The van der Waals surface area contributed by atoms with E-state index < -0.39 is 38.9 Å². The van der Waals surface area contributed by atoms with Crippen LogP contribution in [0.3, 0.4) is 0 Å². The van der Waals surface area contributed by atoms with Crippen molar-refractivity contribution in [3.05, 3.63) is 52.6 Å². The maximum Gasteiger partial charge on any atom is 0.310 e. The van der Waals surface area contributed by atoms with Crippen molar-refractivity contribution < 1.29 is 33.8 Å². The zero-order chi connectivity index (χ0) is 25.5. The lowest BCUT2D eigenvalue weighted by molar-refractivity contribution is 0.0953. The van der Waals surface area contributed by atoms with E-state index >= 15 is 0 Å². The van der Waals surface area contributed by atoms with Gasteiger partial charge >= 0.3 is 10.2 Å². The smallest absolute Gasteiger partial charge is 0.310 e. The minimum Gasteiger partial charge on any atom is -0.493 e. The fraction of sp³-hybridized carbons (Fsp3) is 0.286. The summed E-state index contributed by atoms with van der Waals surface area (Å²) in [6, 6.07) is 4.44. The van der Waals surface area contributed by atoms with Crippen LogP contribution in [0.2, 0.25) is 0 Å². The van der Waals surface area contributed by atoms with Gasteiger partial charge in [-0.15, -0.1) is 0 Å². The summed E-state index contributed by atoms with van der Waals surface area (Å²) in [5.41, 5.74) is 0.241. The normalized spacial score (nSPS) is 15.3. The highest BCUT2D eigenvalue weighted by Crippen LogP contribution is 3.02. The molecule has 13 heteroatoms. The van der Waals surface area contributed by atoms with E-state index in [1.54, 1.807) is 13.0 Å². The summed E-state index contributed by atoms with van der Waals surface area (Å²) in [6.07, 6.45) is 0. The minimum absolute atomic E-state index is 0.0497. The molecule has 0 bridgehead atoms. The fourth-order valence-electron chi connectivity index (χ4n) is 3.54. The van der Waals surface area contributed by atoms with Crippen molar-refractivity contribution >= 4 is 33.4 Å². The Morgan fingerprint density at radius 3 is 2.32 bits per heavy atom. The lowest BCUT2D eigenvalue weighted by Crippen LogP contribution is -2.30. The van der Waals surface area contributed by atoms with Crippen molar-refractivity contribution in [3.8, 4) is 5.75 Å². The molecule has 0 saturated heterocycles. The predicted octanol–water partition coefficient (Wildman–Crippen LogP) is 5.17. The number of benzene rings is 2. The maximum absolute atomic E-state index is 13.4. The number of rotatable bonds is 8. The molecule has 0 aromatic heterocycles. The predicted molar refractivity (Wildman–Crippen MR) is 120 cm³/mol. The van der Waals surface area contributed by atoms with Gasteiger partial charge in [0.15, 0.2) is 5.78 Å². The van der Waals surface area contributed by atoms with Gasteiger partial charge in [-0.3, -0.25) is 15.0 Å². The van der Waals surface area contributed by atoms with E-state index in [4.69, 9.17) is 10.1 Å². The zero-order valence-corrected chi connectivity index (χ0v) is 19.3. The van der Waals surface area contributed by atoms with E-state index in [1.807, 2.05) is 0 Å². The molecule has 186 valence electrons. The largest absolute Gasteiger partial charge is 0.493 e. The highest BCUT2D eigenvalue weighted by Gasteiger charge is 2.65. The van der Waals surface area contributed by atoms with Crippen molar-refractivity contribution in [1.82, 2.24) is 10.2 Å². The Morgan fingerprint density at radius 1 is 1.09 bits per heavy atom. The van der Waals surface area contributed by atoms with Crippen LogP contribution in [0.1, 0.15) is 38.8 Å². The highest BCUT2D eigenvalue weighted by atomic mass is 32.5. The number of carbonyl (C=O) groups is 2. The Kier molecular flexibility index (Phi) is 5.84. The van der Waals surface area contributed by atoms with Crippen molar-refractivity contribution in [2.75, 3.05) is 32.6 Å². The first kappa shape index (κ1) is 25.3. The van der Waals surface area contributed by atoms with E-state index in [0.29, 0.717) is 11.1 Å². The topological polar surface area (TPSA) is 94.5 Å². The number of hydrogen-bond acceptors (Lipinski definition) is 5. The summed E-state index contributed by atoms with van der Waals surface area (Å²) in [6.45, 7) is 1.53. The zero-order valence-electron chi connectivity index (χ0n) is 18.5. The second kappa shape index (κ2) is 7.86. The molecule has 3 N–H and O–H groups in total. The maximum atomic E-state index is 13.4. The average Bonchev–Trinajstić information content (AvgIpc) is 3.05. The number of hydrogen-bond donors (Lipinski definition) is 3. The second-order valence-corrected chi connectivity index (χ2v) is 10.0. The van der Waals surface area contributed by atoms with Crippen molar-refractivity contribution in [2.24, 2.45) is 0 Å². The Bertz CT molecular complexity index is 1200. The van der Waals surface area contributed by atoms with Gasteiger partial charge in [0.2, 0.25) is 0 Å². The van der Waals surface area contributed by atoms with Gasteiger partial charge in [0.05, 0.1) is 18.7 Å². The van der Waals surface area contributed by atoms with Crippen molar-refractivity contribution in [3.63, 3.8) is 0 Å². The quantitative estimate of drug-likeness (QED) is 0.339. The SMILES string of the molecule is CCOc1cc2c(cc1C(=O)NC)C(=N)N(CC(=O)c1cc(NC)cc(S(F)(F)(F)(F)F)c1)C2. The monoisotopic (exact) mass is 506 g/mol. The van der Waals surface area contributed by atoms with Gasteiger partial charge in [0.1, 0.15) is 16.5 Å². The number of Topliss-reactive ketones (excluding diaryl/α,β-unsaturated/α-hetero) is 1. The lowest BCUT2D eigenvalue weighted by atomic mass is 10.0. The third-order valence-electron chi connectivity index (χ3n) is 5.21. The molecule has 34 heavy (non-hydrogen) atoms. The second-order valence-electron chi connectivity index (χ2n) is 7.61. The lowest BCUT2D eigenvalue weighted by Gasteiger charge is -2.40. The van der Waals surface area contributed by atoms with Crippen LogP contribution < -0.4 is 15.4 Å². The van der Waals surface area contributed by atoms with Gasteiger partial charge in [0.25, 0.3) is 5.91 Å². The third-order valence-corrected chi connectivity index (χ3v) is 6.33. The van der Waals surface area contributed by atoms with Crippen LogP contribution in [0, 0.1) is 5.41 Å². The molecule has 0 saturated carbocycles. The van der Waals surface area contributed by atoms with Crippen molar-refractivity contribution in [1.29, 1.82) is 5.41 Å². The first-order chi connectivity index (χ1) is 15.6. The van der Waals surface area contributed by atoms with Crippen LogP contribution in [0.4, 0.5) is 25.1 Å². The van der Waals surface area contributed by atoms with Crippen LogP contribution in [-0.2, 0) is 6.54 Å². The molecule has 0 atom stereocenters. The summed E-state index contributed by atoms with van der Waals surface area (Å²) >= 11 is 0. The van der Waals surface area contributed by atoms with Gasteiger partial charge in [-0.2, -0.15) is 0 Å². The number of carbonyl (C=O) groups excluding carboxylic acids is 2. The number of ether oxygens (including phenoxy) is 1. The molecule has 1 heterocycles. The first-order valence-electron chi connectivity index (χ1n) is 10.0. The number of ketones is 1. The number of amidine groups is 1. The Hall–Kier alpha value is -3.35. The van der Waals surface area contributed by atoms with E-state index in [-0.39, 0.29) is 48.1 Å². The molecular weight excluding hydrogens is 483 g/mol. The van der Waals surface area contributed by atoms with E-state index in [2.05, 4.69) is 10.6 Å². The van der Waals surface area contributed by atoms with Crippen molar-refractivity contribution in [2.45, 2.75) is 18.4 Å².